The third-order valence-electron chi connectivity index (χ3n) is 3.74. The molecule has 2 nitrogen and oxygen atoms in total. The van der Waals surface area contributed by atoms with Crippen molar-refractivity contribution in [2.45, 2.75) is 47.5 Å². The maximum absolute atomic E-state index is 10.8. The Morgan fingerprint density at radius 3 is 2.60 bits per heavy atom. The van der Waals surface area contributed by atoms with Gasteiger partial charge in [0.05, 0.1) is 6.61 Å². The van der Waals surface area contributed by atoms with Crippen molar-refractivity contribution in [1.82, 2.24) is 0 Å². The van der Waals surface area contributed by atoms with Crippen LogP contribution in [0.15, 0.2) is 11.1 Å². The van der Waals surface area contributed by atoms with Crippen molar-refractivity contribution in [2.75, 3.05) is 6.61 Å². The molecular formula is C13H22O2. The Balaban J connectivity index is 2.79. The zero-order valence-electron chi connectivity index (χ0n) is 10.5. The van der Waals surface area contributed by atoms with Crippen molar-refractivity contribution < 1.29 is 9.53 Å². The molecule has 86 valence electrons. The molecule has 0 spiro atoms. The molecule has 2 heteroatoms. The fourth-order valence-electron chi connectivity index (χ4n) is 2.32. The Bertz CT molecular complexity index is 287. The van der Waals surface area contributed by atoms with Crippen molar-refractivity contribution in [3.63, 3.8) is 0 Å². The summed E-state index contributed by atoms with van der Waals surface area (Å²) in [4.78, 5) is 10.8. The molecule has 1 aliphatic rings. The van der Waals surface area contributed by atoms with Gasteiger partial charge in [-0.1, -0.05) is 25.0 Å². The monoisotopic (exact) mass is 210 g/mol. The summed E-state index contributed by atoms with van der Waals surface area (Å²) in [6.45, 7) is 10.9. The van der Waals surface area contributed by atoms with E-state index in [0.717, 1.165) is 0 Å². The van der Waals surface area contributed by atoms with Gasteiger partial charge in [-0.25, -0.2) is 0 Å². The molecule has 0 amide bonds. The van der Waals surface area contributed by atoms with E-state index in [1.54, 1.807) is 0 Å². The summed E-state index contributed by atoms with van der Waals surface area (Å²) >= 11 is 0. The van der Waals surface area contributed by atoms with Crippen molar-refractivity contribution in [3.05, 3.63) is 11.1 Å². The average Bonchev–Trinajstić information content (AvgIpc) is 2.11. The number of allylic oxidation sites excluding steroid dienone is 1. The van der Waals surface area contributed by atoms with E-state index in [9.17, 15) is 4.79 Å². The van der Waals surface area contributed by atoms with Gasteiger partial charge in [-0.2, -0.15) is 0 Å². The lowest BCUT2D eigenvalue weighted by Gasteiger charge is -2.39. The van der Waals surface area contributed by atoms with E-state index < -0.39 is 0 Å². The van der Waals surface area contributed by atoms with Crippen molar-refractivity contribution >= 4 is 5.97 Å². The second-order valence-electron chi connectivity index (χ2n) is 5.31. The number of carbonyl (C=O) groups excluding carboxylic acids is 1. The Hall–Kier alpha value is -0.790. The highest BCUT2D eigenvalue weighted by Gasteiger charge is 2.35. The SMILES string of the molecule is CC(=O)OCC1C(C)=C(C)CCC1(C)C. The van der Waals surface area contributed by atoms with Gasteiger partial charge < -0.3 is 4.74 Å². The summed E-state index contributed by atoms with van der Waals surface area (Å²) in [6.07, 6.45) is 2.36. The molecule has 15 heavy (non-hydrogen) atoms. The Morgan fingerprint density at radius 1 is 1.47 bits per heavy atom. The first-order valence-corrected chi connectivity index (χ1v) is 5.64. The molecule has 0 bridgehead atoms. The van der Waals surface area contributed by atoms with Gasteiger partial charge in [0.1, 0.15) is 0 Å². The van der Waals surface area contributed by atoms with Gasteiger partial charge in [0.15, 0.2) is 0 Å². The number of ether oxygens (including phenoxy) is 1. The maximum Gasteiger partial charge on any atom is 0.302 e. The second kappa shape index (κ2) is 4.38. The van der Waals surface area contributed by atoms with Gasteiger partial charge >= 0.3 is 5.97 Å². The normalized spacial score (nSPS) is 25.3. The van der Waals surface area contributed by atoms with Crippen LogP contribution < -0.4 is 0 Å². The van der Waals surface area contributed by atoms with E-state index in [1.165, 1.54) is 30.9 Å². The minimum absolute atomic E-state index is 0.179. The highest BCUT2D eigenvalue weighted by Crippen LogP contribution is 2.43. The van der Waals surface area contributed by atoms with Crippen LogP contribution in [0.5, 0.6) is 0 Å². The fraction of sp³-hybridized carbons (Fsp3) is 0.769. The van der Waals surface area contributed by atoms with Crippen molar-refractivity contribution in [2.24, 2.45) is 11.3 Å². The number of hydrogen-bond acceptors (Lipinski definition) is 2. The zero-order chi connectivity index (χ0) is 11.6. The van der Waals surface area contributed by atoms with Crippen LogP contribution in [0.4, 0.5) is 0 Å². The van der Waals surface area contributed by atoms with Crippen LogP contribution in [0.25, 0.3) is 0 Å². The number of carbonyl (C=O) groups is 1. The molecule has 0 fully saturated rings. The van der Waals surface area contributed by atoms with E-state index in [1.807, 2.05) is 0 Å². The van der Waals surface area contributed by atoms with E-state index in [4.69, 9.17) is 4.74 Å². The molecule has 0 aliphatic heterocycles. The summed E-state index contributed by atoms with van der Waals surface area (Å²) in [6, 6.07) is 0. The van der Waals surface area contributed by atoms with E-state index >= 15 is 0 Å². The van der Waals surface area contributed by atoms with Gasteiger partial charge in [-0.05, 0) is 32.1 Å². The Kier molecular flexibility index (Phi) is 3.58. The molecule has 0 heterocycles. The van der Waals surface area contributed by atoms with Gasteiger partial charge in [-0.3, -0.25) is 4.79 Å². The Labute approximate surface area is 92.7 Å². The summed E-state index contributed by atoms with van der Waals surface area (Å²) < 4.78 is 5.16. The minimum atomic E-state index is -0.179. The molecule has 0 aromatic carbocycles. The van der Waals surface area contributed by atoms with Crippen LogP contribution in [-0.2, 0) is 9.53 Å². The highest BCUT2D eigenvalue weighted by molar-refractivity contribution is 5.65. The van der Waals surface area contributed by atoms with Gasteiger partial charge in [0.25, 0.3) is 0 Å². The van der Waals surface area contributed by atoms with Crippen molar-refractivity contribution in [1.29, 1.82) is 0 Å². The van der Waals surface area contributed by atoms with E-state index in [2.05, 4.69) is 27.7 Å². The molecule has 0 aromatic rings. The number of esters is 1. The van der Waals surface area contributed by atoms with E-state index in [0.29, 0.717) is 12.5 Å². The molecule has 1 unspecified atom stereocenters. The zero-order valence-corrected chi connectivity index (χ0v) is 10.5. The first-order chi connectivity index (χ1) is 6.84. The molecule has 0 saturated carbocycles. The van der Waals surface area contributed by atoms with Crippen LogP contribution in [0.1, 0.15) is 47.5 Å². The topological polar surface area (TPSA) is 26.3 Å². The molecular weight excluding hydrogens is 188 g/mol. The molecule has 1 atom stereocenters. The molecule has 0 N–H and O–H groups in total. The minimum Gasteiger partial charge on any atom is -0.465 e. The molecule has 1 aliphatic carbocycles. The predicted octanol–water partition coefficient (Wildman–Crippen LogP) is 3.32. The third-order valence-corrected chi connectivity index (χ3v) is 3.74. The van der Waals surface area contributed by atoms with Crippen LogP contribution in [0.3, 0.4) is 0 Å². The largest absolute Gasteiger partial charge is 0.465 e. The number of rotatable bonds is 2. The first-order valence-electron chi connectivity index (χ1n) is 5.64. The average molecular weight is 210 g/mol. The van der Waals surface area contributed by atoms with Crippen molar-refractivity contribution in [3.8, 4) is 0 Å². The summed E-state index contributed by atoms with van der Waals surface area (Å²) in [5.41, 5.74) is 3.12. The van der Waals surface area contributed by atoms with Gasteiger partial charge in [-0.15, -0.1) is 0 Å². The molecule has 0 aromatic heterocycles. The highest BCUT2D eigenvalue weighted by atomic mass is 16.5. The molecule has 0 saturated heterocycles. The summed E-state index contributed by atoms with van der Waals surface area (Å²) in [5.74, 6) is 0.206. The fourth-order valence-corrected chi connectivity index (χ4v) is 2.32. The molecule has 1 rings (SSSR count). The lowest BCUT2D eigenvalue weighted by molar-refractivity contribution is -0.143. The van der Waals surface area contributed by atoms with Crippen LogP contribution in [0, 0.1) is 11.3 Å². The van der Waals surface area contributed by atoms with E-state index in [-0.39, 0.29) is 11.4 Å². The van der Waals surface area contributed by atoms with Crippen LogP contribution in [-0.4, -0.2) is 12.6 Å². The predicted molar refractivity (Wildman–Crippen MR) is 61.5 cm³/mol. The third kappa shape index (κ3) is 2.83. The van der Waals surface area contributed by atoms with Gasteiger partial charge in [0, 0.05) is 12.8 Å². The lowest BCUT2D eigenvalue weighted by Crippen LogP contribution is -2.33. The lowest BCUT2D eigenvalue weighted by atomic mass is 9.67. The quantitative estimate of drug-likeness (QED) is 0.516. The smallest absolute Gasteiger partial charge is 0.302 e. The van der Waals surface area contributed by atoms with Gasteiger partial charge in [0.2, 0.25) is 0 Å². The standard InChI is InChI=1S/C13H22O2/c1-9-6-7-13(4,5)12(10(9)2)8-15-11(3)14/h12H,6-8H2,1-5H3. The van der Waals surface area contributed by atoms with Crippen LogP contribution in [0.2, 0.25) is 0 Å². The Morgan fingerprint density at radius 2 is 2.07 bits per heavy atom. The second-order valence-corrected chi connectivity index (χ2v) is 5.31. The molecule has 0 radical (unpaired) electrons. The van der Waals surface area contributed by atoms with Crippen LogP contribution >= 0.6 is 0 Å². The summed E-state index contributed by atoms with van der Waals surface area (Å²) in [5, 5.41) is 0. The number of hydrogen-bond donors (Lipinski definition) is 0. The summed E-state index contributed by atoms with van der Waals surface area (Å²) in [7, 11) is 0. The maximum atomic E-state index is 10.8. The first kappa shape index (κ1) is 12.3.